The summed E-state index contributed by atoms with van der Waals surface area (Å²) in [6.45, 7) is 4.62. The van der Waals surface area contributed by atoms with Gasteiger partial charge in [0.25, 0.3) is 5.89 Å². The second-order valence-corrected chi connectivity index (χ2v) is 6.44. The first-order valence-electron chi connectivity index (χ1n) is 7.27. The van der Waals surface area contributed by atoms with Gasteiger partial charge in [-0.1, -0.05) is 19.0 Å². The Labute approximate surface area is 124 Å². The molecule has 1 aliphatic rings. The van der Waals surface area contributed by atoms with Crippen molar-refractivity contribution in [2.45, 2.75) is 45.4 Å². The molecule has 1 aliphatic carbocycles. The Morgan fingerprint density at radius 3 is 2.67 bits per heavy atom. The normalized spacial score (nSPS) is 18.3. The van der Waals surface area contributed by atoms with Gasteiger partial charge in [-0.3, -0.25) is 0 Å². The summed E-state index contributed by atoms with van der Waals surface area (Å²) in [5, 5.41) is 12.9. The van der Waals surface area contributed by atoms with Crippen molar-refractivity contribution in [3.63, 3.8) is 0 Å². The van der Waals surface area contributed by atoms with Crippen LogP contribution in [0.25, 0.3) is 11.6 Å². The Morgan fingerprint density at radius 2 is 2.05 bits per heavy atom. The highest BCUT2D eigenvalue weighted by molar-refractivity contribution is 5.47. The van der Waals surface area contributed by atoms with Crippen molar-refractivity contribution in [1.29, 1.82) is 5.26 Å². The third-order valence-corrected chi connectivity index (χ3v) is 4.26. The standard InChI is InChI=1S/C16H18N4O/c1-16(2)7-5-12(6-8-16)14-19-15(21-20-14)13-4-3-11(9-17)10-18-13/h3-4,10,12H,5-8H2,1-2H3. The second kappa shape index (κ2) is 5.28. The molecule has 0 aliphatic heterocycles. The summed E-state index contributed by atoms with van der Waals surface area (Å²) in [4.78, 5) is 8.67. The van der Waals surface area contributed by atoms with Gasteiger partial charge in [-0.25, -0.2) is 4.98 Å². The lowest BCUT2D eigenvalue weighted by molar-refractivity contribution is 0.218. The van der Waals surface area contributed by atoms with Gasteiger partial charge in [0, 0.05) is 12.1 Å². The molecule has 0 saturated heterocycles. The van der Waals surface area contributed by atoms with Crippen molar-refractivity contribution in [1.82, 2.24) is 15.1 Å². The largest absolute Gasteiger partial charge is 0.332 e. The molecule has 21 heavy (non-hydrogen) atoms. The van der Waals surface area contributed by atoms with Crippen LogP contribution < -0.4 is 0 Å². The van der Waals surface area contributed by atoms with Crippen LogP contribution in [0.1, 0.15) is 56.8 Å². The molecular formula is C16H18N4O. The summed E-state index contributed by atoms with van der Waals surface area (Å²) in [6.07, 6.45) is 6.11. The number of hydrogen-bond acceptors (Lipinski definition) is 5. The van der Waals surface area contributed by atoms with E-state index in [4.69, 9.17) is 9.78 Å². The Balaban J connectivity index is 1.76. The fourth-order valence-electron chi connectivity index (χ4n) is 2.75. The van der Waals surface area contributed by atoms with Crippen molar-refractivity contribution < 1.29 is 4.52 Å². The number of nitriles is 1. The Bertz CT molecular complexity index is 656. The smallest absolute Gasteiger partial charge is 0.276 e. The molecular weight excluding hydrogens is 264 g/mol. The monoisotopic (exact) mass is 282 g/mol. The van der Waals surface area contributed by atoms with Crippen LogP contribution in [0.2, 0.25) is 0 Å². The molecule has 2 heterocycles. The third kappa shape index (κ3) is 2.94. The van der Waals surface area contributed by atoms with E-state index in [0.717, 1.165) is 18.7 Å². The van der Waals surface area contributed by atoms with E-state index in [0.29, 0.717) is 28.5 Å². The lowest BCUT2D eigenvalue weighted by Crippen LogP contribution is -2.20. The van der Waals surface area contributed by atoms with Crippen molar-refractivity contribution in [2.75, 3.05) is 0 Å². The summed E-state index contributed by atoms with van der Waals surface area (Å²) >= 11 is 0. The van der Waals surface area contributed by atoms with Gasteiger partial charge in [-0.05, 0) is 43.2 Å². The van der Waals surface area contributed by atoms with Gasteiger partial charge in [-0.2, -0.15) is 10.2 Å². The number of nitrogens with zero attached hydrogens (tertiary/aromatic N) is 4. The minimum Gasteiger partial charge on any atom is -0.332 e. The lowest BCUT2D eigenvalue weighted by atomic mass is 9.73. The third-order valence-electron chi connectivity index (χ3n) is 4.26. The van der Waals surface area contributed by atoms with Crippen LogP contribution in [-0.2, 0) is 0 Å². The topological polar surface area (TPSA) is 75.6 Å². The van der Waals surface area contributed by atoms with Crippen LogP contribution in [0.5, 0.6) is 0 Å². The van der Waals surface area contributed by atoms with Crippen molar-refractivity contribution in [3.8, 4) is 17.7 Å². The minimum absolute atomic E-state index is 0.383. The SMILES string of the molecule is CC1(C)CCC(c2noc(-c3ccc(C#N)cn3)n2)CC1. The van der Waals surface area contributed by atoms with Gasteiger partial charge in [0.05, 0.1) is 5.56 Å². The molecule has 0 aromatic carbocycles. The minimum atomic E-state index is 0.383. The first kappa shape index (κ1) is 13.7. The van der Waals surface area contributed by atoms with E-state index in [9.17, 15) is 0 Å². The Kier molecular flexibility index (Phi) is 3.46. The summed E-state index contributed by atoms with van der Waals surface area (Å²) in [6, 6.07) is 5.48. The van der Waals surface area contributed by atoms with Crippen LogP contribution >= 0.6 is 0 Å². The summed E-state index contributed by atoms with van der Waals surface area (Å²) in [7, 11) is 0. The van der Waals surface area contributed by atoms with Gasteiger partial charge < -0.3 is 4.52 Å². The molecule has 0 amide bonds. The number of hydrogen-bond donors (Lipinski definition) is 0. The van der Waals surface area contributed by atoms with Crippen LogP contribution in [0.15, 0.2) is 22.9 Å². The highest BCUT2D eigenvalue weighted by Gasteiger charge is 2.30. The van der Waals surface area contributed by atoms with Crippen molar-refractivity contribution >= 4 is 0 Å². The van der Waals surface area contributed by atoms with Crippen LogP contribution in [0, 0.1) is 16.7 Å². The highest BCUT2D eigenvalue weighted by Crippen LogP contribution is 2.41. The average Bonchev–Trinajstić information content (AvgIpc) is 2.97. The molecule has 2 aromatic heterocycles. The van der Waals surface area contributed by atoms with Gasteiger partial charge in [-0.15, -0.1) is 0 Å². The van der Waals surface area contributed by atoms with E-state index in [2.05, 4.69) is 29.0 Å². The molecule has 5 heteroatoms. The predicted octanol–water partition coefficient (Wildman–Crippen LogP) is 3.69. The number of pyridine rings is 1. The first-order chi connectivity index (χ1) is 10.1. The zero-order valence-corrected chi connectivity index (χ0v) is 12.3. The van der Waals surface area contributed by atoms with Gasteiger partial charge in [0.2, 0.25) is 0 Å². The molecule has 3 rings (SSSR count). The molecule has 0 spiro atoms. The zero-order chi connectivity index (χ0) is 14.9. The summed E-state index contributed by atoms with van der Waals surface area (Å²) in [5.41, 5.74) is 1.56. The van der Waals surface area contributed by atoms with Gasteiger partial charge in [0.1, 0.15) is 11.8 Å². The number of aromatic nitrogens is 3. The van der Waals surface area contributed by atoms with Crippen LogP contribution in [0.3, 0.4) is 0 Å². The first-order valence-corrected chi connectivity index (χ1v) is 7.27. The molecule has 0 radical (unpaired) electrons. The van der Waals surface area contributed by atoms with E-state index in [1.807, 2.05) is 6.07 Å². The molecule has 0 unspecified atom stereocenters. The van der Waals surface area contributed by atoms with Crippen LogP contribution in [-0.4, -0.2) is 15.1 Å². The quantitative estimate of drug-likeness (QED) is 0.839. The summed E-state index contributed by atoms with van der Waals surface area (Å²) < 4.78 is 5.32. The molecule has 0 bridgehead atoms. The van der Waals surface area contributed by atoms with Crippen LogP contribution in [0.4, 0.5) is 0 Å². The molecule has 108 valence electrons. The average molecular weight is 282 g/mol. The molecule has 2 aromatic rings. The molecule has 5 nitrogen and oxygen atoms in total. The summed E-state index contributed by atoms with van der Waals surface area (Å²) in [5.74, 6) is 1.60. The zero-order valence-electron chi connectivity index (χ0n) is 12.3. The Morgan fingerprint density at radius 1 is 1.29 bits per heavy atom. The maximum Gasteiger partial charge on any atom is 0.276 e. The van der Waals surface area contributed by atoms with Gasteiger partial charge >= 0.3 is 0 Å². The molecule has 1 fully saturated rings. The van der Waals surface area contributed by atoms with E-state index in [1.54, 1.807) is 12.1 Å². The van der Waals surface area contributed by atoms with E-state index in [1.165, 1.54) is 19.0 Å². The fraction of sp³-hybridized carbons (Fsp3) is 0.500. The van der Waals surface area contributed by atoms with E-state index < -0.39 is 0 Å². The second-order valence-electron chi connectivity index (χ2n) is 6.44. The maximum absolute atomic E-state index is 8.77. The molecule has 0 N–H and O–H groups in total. The Hall–Kier alpha value is -2.22. The predicted molar refractivity (Wildman–Crippen MR) is 77.2 cm³/mol. The lowest BCUT2D eigenvalue weighted by Gasteiger charge is -2.32. The van der Waals surface area contributed by atoms with E-state index >= 15 is 0 Å². The maximum atomic E-state index is 8.77. The molecule has 0 atom stereocenters. The van der Waals surface area contributed by atoms with Crippen molar-refractivity contribution in [2.24, 2.45) is 5.41 Å². The number of rotatable bonds is 2. The van der Waals surface area contributed by atoms with E-state index in [-0.39, 0.29) is 0 Å². The van der Waals surface area contributed by atoms with Crippen molar-refractivity contribution in [3.05, 3.63) is 29.7 Å². The highest BCUT2D eigenvalue weighted by atomic mass is 16.5. The fourth-order valence-corrected chi connectivity index (χ4v) is 2.75. The molecule has 1 saturated carbocycles. The van der Waals surface area contributed by atoms with Gasteiger partial charge in [0.15, 0.2) is 5.82 Å².